The van der Waals surface area contributed by atoms with Gasteiger partial charge in [0.2, 0.25) is 0 Å². The van der Waals surface area contributed by atoms with Crippen LogP contribution in [0.5, 0.6) is 0 Å². The Bertz CT molecular complexity index is 273. The maximum absolute atomic E-state index is 11.3. The number of hydrogen-bond donors (Lipinski definition) is 0. The van der Waals surface area contributed by atoms with E-state index in [0.29, 0.717) is 15.5 Å². The van der Waals surface area contributed by atoms with Crippen LogP contribution in [0.25, 0.3) is 0 Å². The van der Waals surface area contributed by atoms with E-state index in [0.717, 1.165) is 0 Å². The minimum absolute atomic E-state index is 0.0575. The second kappa shape index (κ2) is 3.82. The van der Waals surface area contributed by atoms with Gasteiger partial charge in [0, 0.05) is 0 Å². The molecule has 5 heteroatoms. The summed E-state index contributed by atoms with van der Waals surface area (Å²) in [6, 6.07) is 0. The van der Waals surface area contributed by atoms with Crippen molar-refractivity contribution in [3.63, 3.8) is 0 Å². The number of nitrogens with zero attached hydrogens (tertiary/aromatic N) is 1. The molecule has 0 spiro atoms. The SMILES string of the molecule is C/C=C1/SC(=S)N(CC=O)C1=O. The first-order valence-corrected chi connectivity index (χ1v) is 4.56. The number of allylic oxidation sites excluding steroid dienone is 1. The van der Waals surface area contributed by atoms with Crippen molar-refractivity contribution in [3.05, 3.63) is 11.0 Å². The van der Waals surface area contributed by atoms with Crippen molar-refractivity contribution >= 4 is 40.5 Å². The average Bonchev–Trinajstić information content (AvgIpc) is 2.32. The molecule has 0 aromatic carbocycles. The van der Waals surface area contributed by atoms with Crippen LogP contribution in [-0.2, 0) is 9.59 Å². The summed E-state index contributed by atoms with van der Waals surface area (Å²) in [7, 11) is 0. The van der Waals surface area contributed by atoms with E-state index in [1.807, 2.05) is 0 Å². The van der Waals surface area contributed by atoms with Gasteiger partial charge in [0.1, 0.15) is 10.6 Å². The molecule has 0 aliphatic carbocycles. The van der Waals surface area contributed by atoms with Gasteiger partial charge in [0.05, 0.1) is 11.4 Å². The van der Waals surface area contributed by atoms with Gasteiger partial charge in [-0.3, -0.25) is 9.69 Å². The second-order valence-corrected chi connectivity index (χ2v) is 3.78. The summed E-state index contributed by atoms with van der Waals surface area (Å²) in [6.07, 6.45) is 2.37. The molecule has 0 atom stereocenters. The fourth-order valence-electron chi connectivity index (χ4n) is 0.823. The molecule has 0 N–H and O–H groups in total. The zero-order valence-corrected chi connectivity index (χ0v) is 8.08. The molecule has 1 amide bonds. The van der Waals surface area contributed by atoms with Crippen molar-refractivity contribution in [3.8, 4) is 0 Å². The van der Waals surface area contributed by atoms with Gasteiger partial charge in [0.15, 0.2) is 0 Å². The lowest BCUT2D eigenvalue weighted by molar-refractivity contribution is -0.124. The molecule has 1 aliphatic heterocycles. The van der Waals surface area contributed by atoms with Crippen LogP contribution in [0, 0.1) is 0 Å². The lowest BCUT2D eigenvalue weighted by Crippen LogP contribution is -2.29. The third-order valence-electron chi connectivity index (χ3n) is 1.39. The first-order chi connectivity index (χ1) is 5.70. The number of aldehydes is 1. The fraction of sp³-hybridized carbons (Fsp3) is 0.286. The average molecular weight is 201 g/mol. The van der Waals surface area contributed by atoms with Gasteiger partial charge in [-0.25, -0.2) is 0 Å². The van der Waals surface area contributed by atoms with Crippen molar-refractivity contribution in [2.45, 2.75) is 6.92 Å². The number of thioether (sulfide) groups is 1. The first kappa shape index (κ1) is 9.41. The fourth-order valence-corrected chi connectivity index (χ4v) is 2.02. The van der Waals surface area contributed by atoms with Gasteiger partial charge in [-0.2, -0.15) is 0 Å². The summed E-state index contributed by atoms with van der Waals surface area (Å²) in [5, 5.41) is 0. The van der Waals surface area contributed by atoms with E-state index in [1.54, 1.807) is 13.0 Å². The maximum atomic E-state index is 11.3. The number of amides is 1. The van der Waals surface area contributed by atoms with E-state index in [9.17, 15) is 9.59 Å². The minimum atomic E-state index is -0.167. The highest BCUT2D eigenvalue weighted by atomic mass is 32.2. The largest absolute Gasteiger partial charge is 0.301 e. The number of rotatable bonds is 2. The molecule has 12 heavy (non-hydrogen) atoms. The van der Waals surface area contributed by atoms with Crippen molar-refractivity contribution in [2.24, 2.45) is 0 Å². The lowest BCUT2D eigenvalue weighted by Gasteiger charge is -2.08. The summed E-state index contributed by atoms with van der Waals surface area (Å²) < 4.78 is 0.459. The molecule has 0 unspecified atom stereocenters. The molecule has 0 saturated carbocycles. The number of hydrogen-bond acceptors (Lipinski definition) is 4. The Morgan fingerprint density at radius 1 is 1.67 bits per heavy atom. The normalized spacial score (nSPS) is 20.8. The van der Waals surface area contributed by atoms with Crippen LogP contribution < -0.4 is 0 Å². The first-order valence-electron chi connectivity index (χ1n) is 3.34. The van der Waals surface area contributed by atoms with E-state index >= 15 is 0 Å². The maximum Gasteiger partial charge on any atom is 0.266 e. The molecule has 1 rings (SSSR count). The molecule has 1 saturated heterocycles. The molecule has 0 aromatic rings. The Balaban J connectivity index is 2.84. The Labute approximate surface area is 79.8 Å². The topological polar surface area (TPSA) is 37.4 Å². The van der Waals surface area contributed by atoms with Gasteiger partial charge in [-0.1, -0.05) is 30.1 Å². The second-order valence-electron chi connectivity index (χ2n) is 2.10. The molecule has 1 heterocycles. The summed E-state index contributed by atoms with van der Waals surface area (Å²) in [4.78, 5) is 23.4. The van der Waals surface area contributed by atoms with Crippen LogP contribution in [0.15, 0.2) is 11.0 Å². The van der Waals surface area contributed by atoms with Crippen molar-refractivity contribution in [2.75, 3.05) is 6.54 Å². The van der Waals surface area contributed by atoms with Crippen LogP contribution in [0.2, 0.25) is 0 Å². The van der Waals surface area contributed by atoms with Gasteiger partial charge < -0.3 is 4.79 Å². The number of carbonyl (C=O) groups is 2. The summed E-state index contributed by atoms with van der Waals surface area (Å²) in [5.41, 5.74) is 0. The molecule has 0 aromatic heterocycles. The van der Waals surface area contributed by atoms with E-state index in [4.69, 9.17) is 12.2 Å². The molecular formula is C7H7NO2S2. The molecule has 0 radical (unpaired) electrons. The van der Waals surface area contributed by atoms with E-state index in [-0.39, 0.29) is 12.5 Å². The Kier molecular flexibility index (Phi) is 2.99. The van der Waals surface area contributed by atoms with Crippen LogP contribution in [0.1, 0.15) is 6.92 Å². The molecule has 0 bridgehead atoms. The predicted molar refractivity (Wildman–Crippen MR) is 51.7 cm³/mol. The zero-order chi connectivity index (χ0) is 9.14. The van der Waals surface area contributed by atoms with Gasteiger partial charge in [-0.05, 0) is 6.92 Å². The molecule has 1 fully saturated rings. The summed E-state index contributed by atoms with van der Waals surface area (Å²) in [5.74, 6) is -0.167. The molecule has 1 aliphatic rings. The highest BCUT2D eigenvalue weighted by Gasteiger charge is 2.30. The Morgan fingerprint density at radius 2 is 2.33 bits per heavy atom. The van der Waals surface area contributed by atoms with E-state index < -0.39 is 0 Å². The highest BCUT2D eigenvalue weighted by Crippen LogP contribution is 2.29. The van der Waals surface area contributed by atoms with Crippen LogP contribution >= 0.6 is 24.0 Å². The highest BCUT2D eigenvalue weighted by molar-refractivity contribution is 8.26. The summed E-state index contributed by atoms with van der Waals surface area (Å²) in [6.45, 7) is 1.83. The van der Waals surface area contributed by atoms with Crippen LogP contribution in [-0.4, -0.2) is 28.0 Å². The van der Waals surface area contributed by atoms with Crippen LogP contribution in [0.3, 0.4) is 0 Å². The quantitative estimate of drug-likeness (QED) is 0.379. The Morgan fingerprint density at radius 3 is 2.75 bits per heavy atom. The van der Waals surface area contributed by atoms with Gasteiger partial charge in [-0.15, -0.1) is 0 Å². The van der Waals surface area contributed by atoms with Gasteiger partial charge >= 0.3 is 0 Å². The Hall–Kier alpha value is -0.680. The molecule has 64 valence electrons. The predicted octanol–water partition coefficient (Wildman–Crippen LogP) is 0.949. The lowest BCUT2D eigenvalue weighted by atomic mass is 10.4. The summed E-state index contributed by atoms with van der Waals surface area (Å²) >= 11 is 6.13. The van der Waals surface area contributed by atoms with Crippen molar-refractivity contribution in [1.82, 2.24) is 4.90 Å². The number of carbonyl (C=O) groups excluding carboxylic acids is 2. The van der Waals surface area contributed by atoms with Crippen molar-refractivity contribution < 1.29 is 9.59 Å². The zero-order valence-electron chi connectivity index (χ0n) is 6.44. The van der Waals surface area contributed by atoms with E-state index in [2.05, 4.69) is 0 Å². The third-order valence-corrected chi connectivity index (χ3v) is 2.89. The molecule has 3 nitrogen and oxygen atoms in total. The molecular weight excluding hydrogens is 194 g/mol. The van der Waals surface area contributed by atoms with Gasteiger partial charge in [0.25, 0.3) is 5.91 Å². The smallest absolute Gasteiger partial charge is 0.266 e. The van der Waals surface area contributed by atoms with E-state index in [1.165, 1.54) is 16.7 Å². The standard InChI is InChI=1S/C7H7NO2S2/c1-2-5-6(10)8(3-4-9)7(11)12-5/h2,4H,3H2,1H3/b5-2+. The third kappa shape index (κ3) is 1.56. The van der Waals surface area contributed by atoms with Crippen molar-refractivity contribution in [1.29, 1.82) is 0 Å². The minimum Gasteiger partial charge on any atom is -0.301 e. The monoisotopic (exact) mass is 201 g/mol. The van der Waals surface area contributed by atoms with Crippen LogP contribution in [0.4, 0.5) is 0 Å². The number of thiocarbonyl (C=S) groups is 1.